The molecule has 2 aromatic carbocycles. The largest absolute Gasteiger partial charge is 0.274 e. The number of nitriles is 1. The molecule has 5 heteroatoms. The van der Waals surface area contributed by atoms with Gasteiger partial charge < -0.3 is 0 Å². The van der Waals surface area contributed by atoms with Gasteiger partial charge in [-0.05, 0) is 42.7 Å². The van der Waals surface area contributed by atoms with E-state index in [0.29, 0.717) is 11.5 Å². The maximum Gasteiger partial charge on any atom is 0.196 e. The van der Waals surface area contributed by atoms with E-state index in [1.807, 2.05) is 42.5 Å². The fourth-order valence-electron chi connectivity index (χ4n) is 2.68. The summed E-state index contributed by atoms with van der Waals surface area (Å²) in [4.78, 5) is 0. The molecular weight excluding hydrogens is 316 g/mol. The molecule has 1 fully saturated rings. The third-order valence-corrected chi connectivity index (χ3v) is 5.04. The van der Waals surface area contributed by atoms with Gasteiger partial charge in [-0.25, -0.2) is 0 Å². The van der Waals surface area contributed by atoms with Gasteiger partial charge in [0.1, 0.15) is 5.82 Å². The van der Waals surface area contributed by atoms with Crippen molar-refractivity contribution in [2.24, 2.45) is 0 Å². The van der Waals surface area contributed by atoms with Crippen molar-refractivity contribution in [3.63, 3.8) is 0 Å². The first-order valence-corrected chi connectivity index (χ1v) is 8.96. The Morgan fingerprint density at radius 3 is 2.67 bits per heavy atom. The lowest BCUT2D eigenvalue weighted by Crippen LogP contribution is -2.01. The zero-order chi connectivity index (χ0) is 16.4. The van der Waals surface area contributed by atoms with Crippen molar-refractivity contribution in [2.75, 3.05) is 0 Å². The highest BCUT2D eigenvalue weighted by Crippen LogP contribution is 2.41. The van der Waals surface area contributed by atoms with Gasteiger partial charge in [0, 0.05) is 17.4 Å². The summed E-state index contributed by atoms with van der Waals surface area (Å²) in [5.74, 6) is 2.37. The highest BCUT2D eigenvalue weighted by Gasteiger charge is 2.30. The lowest BCUT2D eigenvalue weighted by molar-refractivity contribution is 0.829. The third kappa shape index (κ3) is 3.06. The zero-order valence-corrected chi connectivity index (χ0v) is 13.9. The van der Waals surface area contributed by atoms with Gasteiger partial charge in [-0.1, -0.05) is 42.1 Å². The Morgan fingerprint density at radius 1 is 1.08 bits per heavy atom. The maximum atomic E-state index is 9.03. The number of nitrogens with zero attached hydrogens (tertiary/aromatic N) is 4. The molecular formula is C19H16N4S. The summed E-state index contributed by atoms with van der Waals surface area (Å²) in [6, 6.07) is 20.2. The van der Waals surface area contributed by atoms with Crippen LogP contribution in [0.1, 0.15) is 35.7 Å². The fraction of sp³-hybridized carbons (Fsp3) is 0.211. The van der Waals surface area contributed by atoms with Gasteiger partial charge in [0.05, 0.1) is 11.6 Å². The van der Waals surface area contributed by atoms with E-state index in [2.05, 4.69) is 33.0 Å². The topological polar surface area (TPSA) is 54.5 Å². The summed E-state index contributed by atoms with van der Waals surface area (Å²) in [7, 11) is 0. The molecule has 0 unspecified atom stereocenters. The predicted molar refractivity (Wildman–Crippen MR) is 94.1 cm³/mol. The molecule has 1 aliphatic rings. The van der Waals surface area contributed by atoms with E-state index in [1.54, 1.807) is 11.8 Å². The summed E-state index contributed by atoms with van der Waals surface area (Å²) in [6.45, 7) is 0. The van der Waals surface area contributed by atoms with Crippen LogP contribution in [-0.4, -0.2) is 14.8 Å². The minimum atomic E-state index is 0.536. The van der Waals surface area contributed by atoms with Crippen molar-refractivity contribution >= 4 is 11.8 Å². The number of rotatable bonds is 5. The molecule has 0 N–H and O–H groups in total. The zero-order valence-electron chi connectivity index (χ0n) is 13.1. The van der Waals surface area contributed by atoms with Crippen LogP contribution in [0.4, 0.5) is 0 Å². The molecule has 0 bridgehead atoms. The van der Waals surface area contributed by atoms with Gasteiger partial charge in [0.15, 0.2) is 5.16 Å². The molecule has 1 heterocycles. The first-order valence-electron chi connectivity index (χ1n) is 7.98. The molecule has 0 spiro atoms. The Balaban J connectivity index is 1.62. The second-order valence-electron chi connectivity index (χ2n) is 5.89. The van der Waals surface area contributed by atoms with Crippen molar-refractivity contribution < 1.29 is 0 Å². The second-order valence-corrected chi connectivity index (χ2v) is 6.83. The number of benzene rings is 2. The number of thioether (sulfide) groups is 1. The Hall–Kier alpha value is -2.58. The third-order valence-electron chi connectivity index (χ3n) is 4.04. The number of para-hydroxylation sites is 1. The molecule has 0 amide bonds. The first-order chi connectivity index (χ1) is 11.8. The maximum absolute atomic E-state index is 9.03. The number of hydrogen-bond acceptors (Lipinski definition) is 4. The summed E-state index contributed by atoms with van der Waals surface area (Å²) in [6.07, 6.45) is 2.39. The lowest BCUT2D eigenvalue weighted by atomic mass is 10.2. The normalized spacial score (nSPS) is 13.6. The smallest absolute Gasteiger partial charge is 0.196 e. The Morgan fingerprint density at radius 2 is 1.92 bits per heavy atom. The molecule has 118 valence electrons. The van der Waals surface area contributed by atoms with E-state index in [0.717, 1.165) is 28.0 Å². The summed E-state index contributed by atoms with van der Waals surface area (Å²) in [5.41, 5.74) is 2.92. The van der Waals surface area contributed by atoms with Crippen LogP contribution in [0.25, 0.3) is 5.69 Å². The summed E-state index contributed by atoms with van der Waals surface area (Å²) in [5, 5.41) is 18.8. The minimum absolute atomic E-state index is 0.536. The quantitative estimate of drug-likeness (QED) is 0.653. The van der Waals surface area contributed by atoms with Gasteiger partial charge in [0.2, 0.25) is 0 Å². The molecule has 0 atom stereocenters. The average Bonchev–Trinajstić information content (AvgIpc) is 3.40. The summed E-state index contributed by atoms with van der Waals surface area (Å²) >= 11 is 1.66. The van der Waals surface area contributed by atoms with Crippen LogP contribution in [0, 0.1) is 11.3 Å². The van der Waals surface area contributed by atoms with Crippen LogP contribution in [-0.2, 0) is 5.75 Å². The van der Waals surface area contributed by atoms with Gasteiger partial charge in [0.25, 0.3) is 0 Å². The molecule has 1 aliphatic carbocycles. The van der Waals surface area contributed by atoms with E-state index < -0.39 is 0 Å². The molecule has 0 saturated heterocycles. The van der Waals surface area contributed by atoms with Crippen LogP contribution in [0.5, 0.6) is 0 Å². The molecule has 4 rings (SSSR count). The Bertz CT molecular complexity index is 891. The highest BCUT2D eigenvalue weighted by atomic mass is 32.2. The van der Waals surface area contributed by atoms with Crippen LogP contribution in [0.2, 0.25) is 0 Å². The van der Waals surface area contributed by atoms with E-state index >= 15 is 0 Å². The molecule has 0 radical (unpaired) electrons. The predicted octanol–water partition coefficient (Wildman–Crippen LogP) is 4.31. The van der Waals surface area contributed by atoms with Gasteiger partial charge in [-0.2, -0.15) is 5.26 Å². The number of hydrogen-bond donors (Lipinski definition) is 0. The molecule has 4 nitrogen and oxygen atoms in total. The van der Waals surface area contributed by atoms with Crippen LogP contribution in [0.15, 0.2) is 59.8 Å². The monoisotopic (exact) mass is 332 g/mol. The molecule has 1 aromatic heterocycles. The van der Waals surface area contributed by atoms with Crippen LogP contribution in [0.3, 0.4) is 0 Å². The first kappa shape index (κ1) is 15.0. The molecule has 24 heavy (non-hydrogen) atoms. The van der Waals surface area contributed by atoms with Gasteiger partial charge >= 0.3 is 0 Å². The van der Waals surface area contributed by atoms with E-state index in [4.69, 9.17) is 5.26 Å². The Kier molecular flexibility index (Phi) is 4.06. The standard InChI is InChI=1S/C19H16N4S/c20-12-14-5-4-6-15(11-14)13-24-19-22-21-18(16-9-10-16)23(19)17-7-2-1-3-8-17/h1-8,11,16H,9-10,13H2. The van der Waals surface area contributed by atoms with Crippen LogP contribution >= 0.6 is 11.8 Å². The minimum Gasteiger partial charge on any atom is -0.274 e. The van der Waals surface area contributed by atoms with Crippen molar-refractivity contribution in [2.45, 2.75) is 29.7 Å². The van der Waals surface area contributed by atoms with Crippen molar-refractivity contribution in [3.05, 3.63) is 71.5 Å². The highest BCUT2D eigenvalue weighted by molar-refractivity contribution is 7.98. The molecule has 3 aromatic rings. The van der Waals surface area contributed by atoms with Gasteiger partial charge in [-0.3, -0.25) is 4.57 Å². The van der Waals surface area contributed by atoms with Crippen molar-refractivity contribution in [3.8, 4) is 11.8 Å². The van der Waals surface area contributed by atoms with Crippen LogP contribution < -0.4 is 0 Å². The number of aromatic nitrogens is 3. The van der Waals surface area contributed by atoms with E-state index in [1.165, 1.54) is 12.8 Å². The second kappa shape index (κ2) is 6.50. The van der Waals surface area contributed by atoms with Crippen molar-refractivity contribution in [1.29, 1.82) is 5.26 Å². The Labute approximate surface area is 145 Å². The van der Waals surface area contributed by atoms with E-state index in [-0.39, 0.29) is 0 Å². The summed E-state index contributed by atoms with van der Waals surface area (Å²) < 4.78 is 2.18. The fourth-order valence-corrected chi connectivity index (χ4v) is 3.58. The van der Waals surface area contributed by atoms with Crippen molar-refractivity contribution in [1.82, 2.24) is 14.8 Å². The molecule has 1 saturated carbocycles. The lowest BCUT2D eigenvalue weighted by Gasteiger charge is -2.09. The van der Waals surface area contributed by atoms with E-state index in [9.17, 15) is 0 Å². The van der Waals surface area contributed by atoms with Gasteiger partial charge in [-0.15, -0.1) is 10.2 Å². The SMILES string of the molecule is N#Cc1cccc(CSc2nnc(C3CC3)n2-c2ccccc2)c1. The average molecular weight is 332 g/mol. The molecule has 0 aliphatic heterocycles.